The fourth-order valence-corrected chi connectivity index (χ4v) is 2.31. The third-order valence-electron chi connectivity index (χ3n) is 3.50. The second-order valence-electron chi connectivity index (χ2n) is 5.94. The summed E-state index contributed by atoms with van der Waals surface area (Å²) in [6, 6.07) is 9.96. The Morgan fingerprint density at radius 1 is 1.19 bits per heavy atom. The lowest BCUT2D eigenvalue weighted by Gasteiger charge is -2.08. The van der Waals surface area contributed by atoms with E-state index < -0.39 is 11.9 Å². The van der Waals surface area contributed by atoms with Crippen LogP contribution in [0, 0.1) is 0 Å². The standard InChI is InChI=1S/C18H18N4O5/c1-11(2)26-17(23)13-6-4-5-12(9-13)16-19-21-22(20-16)10-14-7-8-15(27-14)18(24)25-3/h4-9,11H,10H2,1-3H3. The van der Waals surface area contributed by atoms with Gasteiger partial charge in [0, 0.05) is 5.56 Å². The predicted molar refractivity (Wildman–Crippen MR) is 93.0 cm³/mol. The van der Waals surface area contributed by atoms with Crippen molar-refractivity contribution in [3.05, 3.63) is 53.5 Å². The number of tetrazole rings is 1. The van der Waals surface area contributed by atoms with Crippen LogP contribution in [0.5, 0.6) is 0 Å². The molecule has 0 N–H and O–H groups in total. The Bertz CT molecular complexity index is 960. The number of methoxy groups -OCH3 is 1. The molecule has 0 radical (unpaired) electrons. The SMILES string of the molecule is COC(=O)c1ccc(Cn2nnc(-c3cccc(C(=O)OC(C)C)c3)n2)o1. The van der Waals surface area contributed by atoms with Gasteiger partial charge in [0.2, 0.25) is 11.6 Å². The van der Waals surface area contributed by atoms with Gasteiger partial charge in [0.25, 0.3) is 0 Å². The fourth-order valence-electron chi connectivity index (χ4n) is 2.31. The zero-order valence-electron chi connectivity index (χ0n) is 15.1. The van der Waals surface area contributed by atoms with Crippen LogP contribution in [0.25, 0.3) is 11.4 Å². The molecule has 9 heteroatoms. The van der Waals surface area contributed by atoms with Crippen molar-refractivity contribution in [1.29, 1.82) is 0 Å². The molecule has 3 rings (SSSR count). The van der Waals surface area contributed by atoms with Crippen LogP contribution < -0.4 is 0 Å². The summed E-state index contributed by atoms with van der Waals surface area (Å²) in [5.41, 5.74) is 1.04. The molecule has 0 aliphatic rings. The first-order valence-corrected chi connectivity index (χ1v) is 8.22. The first kappa shape index (κ1) is 18.3. The minimum absolute atomic E-state index is 0.101. The second-order valence-corrected chi connectivity index (χ2v) is 5.94. The van der Waals surface area contributed by atoms with E-state index in [1.165, 1.54) is 18.0 Å². The Morgan fingerprint density at radius 2 is 2.00 bits per heavy atom. The maximum Gasteiger partial charge on any atom is 0.373 e. The topological polar surface area (TPSA) is 109 Å². The summed E-state index contributed by atoms with van der Waals surface area (Å²) >= 11 is 0. The number of carbonyl (C=O) groups excluding carboxylic acids is 2. The molecule has 0 bridgehead atoms. The molecular weight excluding hydrogens is 352 g/mol. The largest absolute Gasteiger partial charge is 0.463 e. The van der Waals surface area contributed by atoms with Gasteiger partial charge >= 0.3 is 11.9 Å². The Balaban J connectivity index is 1.75. The first-order chi connectivity index (χ1) is 13.0. The van der Waals surface area contributed by atoms with Crippen LogP contribution in [0.4, 0.5) is 0 Å². The fraction of sp³-hybridized carbons (Fsp3) is 0.278. The van der Waals surface area contributed by atoms with E-state index in [0.29, 0.717) is 22.7 Å². The van der Waals surface area contributed by atoms with E-state index in [9.17, 15) is 9.59 Å². The average molecular weight is 370 g/mol. The summed E-state index contributed by atoms with van der Waals surface area (Å²) < 4.78 is 15.2. The van der Waals surface area contributed by atoms with Crippen molar-refractivity contribution < 1.29 is 23.5 Å². The quantitative estimate of drug-likeness (QED) is 0.608. The first-order valence-electron chi connectivity index (χ1n) is 8.22. The molecule has 1 aromatic carbocycles. The molecule has 0 unspecified atom stereocenters. The predicted octanol–water partition coefficient (Wildman–Crippen LogP) is 2.33. The molecule has 140 valence electrons. The highest BCUT2D eigenvalue weighted by molar-refractivity contribution is 5.90. The molecule has 0 amide bonds. The molecule has 0 saturated heterocycles. The molecule has 0 atom stereocenters. The average Bonchev–Trinajstić information content (AvgIpc) is 3.31. The molecule has 0 fully saturated rings. The van der Waals surface area contributed by atoms with Crippen LogP contribution in [0.15, 0.2) is 40.8 Å². The maximum atomic E-state index is 12.0. The van der Waals surface area contributed by atoms with E-state index in [1.807, 2.05) is 0 Å². The van der Waals surface area contributed by atoms with E-state index in [2.05, 4.69) is 20.1 Å². The van der Waals surface area contributed by atoms with Gasteiger partial charge in [0.05, 0.1) is 18.8 Å². The molecule has 2 heterocycles. The number of nitrogens with zero attached hydrogens (tertiary/aromatic N) is 4. The zero-order chi connectivity index (χ0) is 19.4. The molecule has 27 heavy (non-hydrogen) atoms. The van der Waals surface area contributed by atoms with Gasteiger partial charge in [0.15, 0.2) is 0 Å². The number of ether oxygens (including phenoxy) is 2. The highest BCUT2D eigenvalue weighted by Crippen LogP contribution is 2.17. The van der Waals surface area contributed by atoms with Crippen LogP contribution in [0.1, 0.15) is 40.5 Å². The van der Waals surface area contributed by atoms with Gasteiger partial charge in [0.1, 0.15) is 12.3 Å². The summed E-state index contributed by atoms with van der Waals surface area (Å²) in [7, 11) is 1.28. The Hall–Kier alpha value is -3.49. The monoisotopic (exact) mass is 370 g/mol. The van der Waals surface area contributed by atoms with Crippen molar-refractivity contribution in [2.45, 2.75) is 26.5 Å². The minimum Gasteiger partial charge on any atom is -0.463 e. The van der Waals surface area contributed by atoms with Crippen molar-refractivity contribution >= 4 is 11.9 Å². The maximum absolute atomic E-state index is 12.0. The summed E-state index contributed by atoms with van der Waals surface area (Å²) in [6.07, 6.45) is -0.205. The lowest BCUT2D eigenvalue weighted by molar-refractivity contribution is 0.0377. The Labute approximate surface area is 154 Å². The van der Waals surface area contributed by atoms with Crippen molar-refractivity contribution in [2.24, 2.45) is 0 Å². The molecule has 0 saturated carbocycles. The molecule has 3 aromatic rings. The normalized spacial score (nSPS) is 10.8. The van der Waals surface area contributed by atoms with Gasteiger partial charge in [-0.2, -0.15) is 4.80 Å². The zero-order valence-corrected chi connectivity index (χ0v) is 15.1. The highest BCUT2D eigenvalue weighted by atomic mass is 16.5. The number of hydrogen-bond acceptors (Lipinski definition) is 8. The van der Waals surface area contributed by atoms with Crippen molar-refractivity contribution in [1.82, 2.24) is 20.2 Å². The van der Waals surface area contributed by atoms with Crippen LogP contribution >= 0.6 is 0 Å². The molecule has 0 spiro atoms. The van der Waals surface area contributed by atoms with Gasteiger partial charge in [-0.3, -0.25) is 0 Å². The van der Waals surface area contributed by atoms with E-state index in [4.69, 9.17) is 9.15 Å². The van der Waals surface area contributed by atoms with Gasteiger partial charge in [-0.05, 0) is 43.3 Å². The van der Waals surface area contributed by atoms with Gasteiger partial charge in [-0.1, -0.05) is 12.1 Å². The van der Waals surface area contributed by atoms with Crippen molar-refractivity contribution in [3.8, 4) is 11.4 Å². The number of esters is 2. The van der Waals surface area contributed by atoms with Crippen molar-refractivity contribution in [2.75, 3.05) is 7.11 Å². The van der Waals surface area contributed by atoms with Crippen LogP contribution in [-0.4, -0.2) is 45.4 Å². The lowest BCUT2D eigenvalue weighted by Crippen LogP contribution is -2.11. The molecule has 2 aromatic heterocycles. The summed E-state index contributed by atoms with van der Waals surface area (Å²) in [4.78, 5) is 24.8. The van der Waals surface area contributed by atoms with Gasteiger partial charge in [-0.25, -0.2) is 9.59 Å². The number of aromatic nitrogens is 4. The van der Waals surface area contributed by atoms with Crippen molar-refractivity contribution in [3.63, 3.8) is 0 Å². The number of benzene rings is 1. The van der Waals surface area contributed by atoms with E-state index in [1.54, 1.807) is 44.2 Å². The second kappa shape index (κ2) is 7.81. The molecular formula is C18H18N4O5. The Kier molecular flexibility index (Phi) is 5.30. The van der Waals surface area contributed by atoms with E-state index in [0.717, 1.165) is 0 Å². The number of carbonyl (C=O) groups is 2. The number of rotatable bonds is 6. The number of hydrogen-bond donors (Lipinski definition) is 0. The Morgan fingerprint density at radius 3 is 2.74 bits per heavy atom. The number of furan rings is 1. The van der Waals surface area contributed by atoms with Gasteiger partial charge in [-0.15, -0.1) is 10.2 Å². The lowest BCUT2D eigenvalue weighted by atomic mass is 10.1. The molecule has 0 aliphatic heterocycles. The van der Waals surface area contributed by atoms with Crippen LogP contribution in [0.3, 0.4) is 0 Å². The van der Waals surface area contributed by atoms with Crippen LogP contribution in [0.2, 0.25) is 0 Å². The molecule has 0 aliphatic carbocycles. The summed E-state index contributed by atoms with van der Waals surface area (Å²) in [5.74, 6) is -0.0319. The van der Waals surface area contributed by atoms with E-state index in [-0.39, 0.29) is 18.4 Å². The third-order valence-corrected chi connectivity index (χ3v) is 3.50. The van der Waals surface area contributed by atoms with Crippen LogP contribution in [-0.2, 0) is 16.0 Å². The van der Waals surface area contributed by atoms with E-state index >= 15 is 0 Å². The highest BCUT2D eigenvalue weighted by Gasteiger charge is 2.15. The third kappa shape index (κ3) is 4.38. The summed E-state index contributed by atoms with van der Waals surface area (Å²) in [6.45, 7) is 3.77. The van der Waals surface area contributed by atoms with Gasteiger partial charge < -0.3 is 13.9 Å². The smallest absolute Gasteiger partial charge is 0.373 e. The minimum atomic E-state index is -0.557. The summed E-state index contributed by atoms with van der Waals surface area (Å²) in [5, 5.41) is 12.2. The molecule has 9 nitrogen and oxygen atoms in total.